The van der Waals surface area contributed by atoms with Gasteiger partial charge in [-0.1, -0.05) is 32.1 Å². The summed E-state index contributed by atoms with van der Waals surface area (Å²) < 4.78 is 5.91. The van der Waals surface area contributed by atoms with Gasteiger partial charge in [0, 0.05) is 36.4 Å². The molecule has 0 aromatic heterocycles. The Morgan fingerprint density at radius 1 is 1.00 bits per heavy atom. The van der Waals surface area contributed by atoms with Crippen LogP contribution >= 0.6 is 11.8 Å². The van der Waals surface area contributed by atoms with Gasteiger partial charge in [-0.25, -0.2) is 0 Å². The maximum absolute atomic E-state index is 12.5. The summed E-state index contributed by atoms with van der Waals surface area (Å²) in [6.07, 6.45) is 11.0. The second kappa shape index (κ2) is 15.7. The normalized spacial score (nSPS) is 14.2. The Bertz CT molecular complexity index is 765. The molecule has 8 heteroatoms. The second-order valence-electron chi connectivity index (χ2n) is 8.66. The second-order valence-corrected chi connectivity index (χ2v) is 9.77. The molecule has 184 valence electrons. The molecule has 0 aliphatic heterocycles. The molecule has 0 bridgehead atoms. The Morgan fingerprint density at radius 2 is 1.73 bits per heavy atom. The number of thioether (sulfide) groups is 1. The molecule has 1 aliphatic carbocycles. The van der Waals surface area contributed by atoms with E-state index in [1.165, 1.54) is 32.1 Å². The van der Waals surface area contributed by atoms with Crippen LogP contribution < -0.4 is 11.1 Å². The highest BCUT2D eigenvalue weighted by atomic mass is 32.2. The highest BCUT2D eigenvalue weighted by Crippen LogP contribution is 2.21. The van der Waals surface area contributed by atoms with Crippen molar-refractivity contribution in [3.05, 3.63) is 23.8 Å². The molecule has 7 nitrogen and oxygen atoms in total. The number of carbonyl (C=O) groups excluding carboxylic acids is 2. The number of ketones is 1. The number of ether oxygens (including phenoxy) is 1. The van der Waals surface area contributed by atoms with E-state index in [0.29, 0.717) is 48.1 Å². The molecule has 1 amide bonds. The summed E-state index contributed by atoms with van der Waals surface area (Å²) in [6.45, 7) is 0.750. The van der Waals surface area contributed by atoms with Gasteiger partial charge in [-0.05, 0) is 56.1 Å². The molecule has 1 fully saturated rings. The van der Waals surface area contributed by atoms with Gasteiger partial charge in [0.05, 0.1) is 11.9 Å². The highest BCUT2D eigenvalue weighted by Gasteiger charge is 2.13. The average Bonchev–Trinajstić information content (AvgIpc) is 2.78. The summed E-state index contributed by atoms with van der Waals surface area (Å²) in [6, 6.07) is 4.95. The van der Waals surface area contributed by atoms with E-state index in [1.807, 2.05) is 0 Å². The number of amides is 1. The van der Waals surface area contributed by atoms with E-state index in [2.05, 4.69) is 5.32 Å². The molecule has 1 aromatic rings. The van der Waals surface area contributed by atoms with Gasteiger partial charge in [-0.3, -0.25) is 14.4 Å². The van der Waals surface area contributed by atoms with Gasteiger partial charge in [0.25, 0.3) is 0 Å². The van der Waals surface area contributed by atoms with Gasteiger partial charge in [-0.15, -0.1) is 0 Å². The van der Waals surface area contributed by atoms with E-state index >= 15 is 0 Å². The van der Waals surface area contributed by atoms with Gasteiger partial charge in [0.2, 0.25) is 5.91 Å². The zero-order valence-corrected chi connectivity index (χ0v) is 20.3. The molecule has 1 aliphatic rings. The van der Waals surface area contributed by atoms with Crippen molar-refractivity contribution in [1.29, 1.82) is 0 Å². The Balaban J connectivity index is 1.64. The van der Waals surface area contributed by atoms with Crippen LogP contribution in [0.2, 0.25) is 0 Å². The maximum Gasteiger partial charge on any atom is 0.303 e. The molecule has 0 radical (unpaired) electrons. The average molecular weight is 479 g/mol. The van der Waals surface area contributed by atoms with Crippen molar-refractivity contribution in [3.63, 3.8) is 0 Å². The van der Waals surface area contributed by atoms with E-state index in [1.54, 1.807) is 30.0 Å². The van der Waals surface area contributed by atoms with E-state index in [-0.39, 0.29) is 18.1 Å². The van der Waals surface area contributed by atoms with Gasteiger partial charge in [0.15, 0.2) is 5.78 Å². The first-order valence-corrected chi connectivity index (χ1v) is 13.2. The molecule has 4 N–H and O–H groups in total. The SMILES string of the molecule is Nc1cc(NC(=O)CSCCCOC2CCCCC2)cc(C(=O)CCCCCCC(=O)O)c1. The molecule has 33 heavy (non-hydrogen) atoms. The quantitative estimate of drug-likeness (QED) is 0.168. The summed E-state index contributed by atoms with van der Waals surface area (Å²) >= 11 is 1.57. The molecule has 1 saturated carbocycles. The Hall–Kier alpha value is -2.06. The fraction of sp³-hybridized carbons (Fsp3) is 0.640. The fourth-order valence-electron chi connectivity index (χ4n) is 3.95. The van der Waals surface area contributed by atoms with Crippen LogP contribution in [0.25, 0.3) is 0 Å². The smallest absolute Gasteiger partial charge is 0.303 e. The molecule has 0 atom stereocenters. The van der Waals surface area contributed by atoms with Crippen LogP contribution in [0, 0.1) is 0 Å². The minimum absolute atomic E-state index is 0.0247. The van der Waals surface area contributed by atoms with Crippen LogP contribution in [0.1, 0.15) is 87.4 Å². The molecule has 0 heterocycles. The summed E-state index contributed by atoms with van der Waals surface area (Å²) in [4.78, 5) is 35.3. The Kier molecular flexibility index (Phi) is 13.0. The summed E-state index contributed by atoms with van der Waals surface area (Å²) in [5.41, 5.74) is 7.39. The summed E-state index contributed by atoms with van der Waals surface area (Å²) in [7, 11) is 0. The predicted molar refractivity (Wildman–Crippen MR) is 134 cm³/mol. The summed E-state index contributed by atoms with van der Waals surface area (Å²) in [5.74, 6) is 0.284. The number of carbonyl (C=O) groups is 3. The first-order valence-electron chi connectivity index (χ1n) is 12.1. The maximum atomic E-state index is 12.5. The van der Waals surface area contributed by atoms with Gasteiger partial charge >= 0.3 is 5.97 Å². The largest absolute Gasteiger partial charge is 0.481 e. The number of hydrogen-bond acceptors (Lipinski definition) is 6. The first-order chi connectivity index (χ1) is 15.9. The van der Waals surface area contributed by atoms with Crippen molar-refractivity contribution < 1.29 is 24.2 Å². The third kappa shape index (κ3) is 12.1. The number of rotatable bonds is 16. The molecule has 1 aromatic carbocycles. The van der Waals surface area contributed by atoms with Crippen LogP contribution in [-0.4, -0.2) is 47.0 Å². The van der Waals surface area contributed by atoms with E-state index in [0.717, 1.165) is 31.6 Å². The summed E-state index contributed by atoms with van der Waals surface area (Å²) in [5, 5.41) is 11.5. The first kappa shape index (κ1) is 27.2. The third-order valence-corrected chi connectivity index (χ3v) is 6.72. The number of aliphatic carboxylic acids is 1. The number of benzene rings is 1. The van der Waals surface area contributed by atoms with E-state index in [9.17, 15) is 14.4 Å². The third-order valence-electron chi connectivity index (χ3n) is 5.68. The van der Waals surface area contributed by atoms with Crippen LogP contribution in [-0.2, 0) is 14.3 Å². The number of nitrogens with two attached hydrogens (primary N) is 1. The van der Waals surface area contributed by atoms with Gasteiger partial charge < -0.3 is 20.9 Å². The number of nitrogen functional groups attached to an aromatic ring is 1. The number of anilines is 2. The lowest BCUT2D eigenvalue weighted by Gasteiger charge is -2.21. The fourth-order valence-corrected chi connectivity index (χ4v) is 4.67. The van der Waals surface area contributed by atoms with Gasteiger partial charge in [0.1, 0.15) is 0 Å². The van der Waals surface area contributed by atoms with Crippen molar-refractivity contribution in [2.75, 3.05) is 29.2 Å². The molecule has 2 rings (SSSR count). The molecular weight excluding hydrogens is 440 g/mol. The monoisotopic (exact) mass is 478 g/mol. The molecule has 0 spiro atoms. The standard InChI is InChI=1S/C25H38N2O5S/c26-20-15-19(23(28)11-6-1-2-7-12-25(30)31)16-21(17-20)27-24(29)18-33-14-8-13-32-22-9-4-3-5-10-22/h15-17,22H,1-14,18,26H2,(H,27,29)(H,30,31). The van der Waals surface area contributed by atoms with Crippen LogP contribution in [0.3, 0.4) is 0 Å². The van der Waals surface area contributed by atoms with Gasteiger partial charge in [-0.2, -0.15) is 11.8 Å². The Morgan fingerprint density at radius 3 is 2.45 bits per heavy atom. The van der Waals surface area contributed by atoms with Crippen LogP contribution in [0.15, 0.2) is 18.2 Å². The number of carboxylic acid groups (broad SMARTS) is 1. The van der Waals surface area contributed by atoms with Crippen molar-refractivity contribution in [2.24, 2.45) is 0 Å². The van der Waals surface area contributed by atoms with E-state index < -0.39 is 5.97 Å². The minimum Gasteiger partial charge on any atom is -0.481 e. The zero-order chi connectivity index (χ0) is 23.9. The Labute approximate surface area is 201 Å². The van der Waals surface area contributed by atoms with E-state index in [4.69, 9.17) is 15.6 Å². The molecule has 0 saturated heterocycles. The lowest BCUT2D eigenvalue weighted by molar-refractivity contribution is -0.137. The lowest BCUT2D eigenvalue weighted by Crippen LogP contribution is -2.18. The number of carboxylic acids is 1. The topological polar surface area (TPSA) is 119 Å². The number of Topliss-reactive ketones (excluding diaryl/α,β-unsaturated/α-hetero) is 1. The number of nitrogens with one attached hydrogen (secondary N) is 1. The van der Waals surface area contributed by atoms with Crippen molar-refractivity contribution >= 4 is 40.8 Å². The number of unbranched alkanes of at least 4 members (excludes halogenated alkanes) is 3. The van der Waals surface area contributed by atoms with Crippen molar-refractivity contribution in [2.45, 2.75) is 83.2 Å². The van der Waals surface area contributed by atoms with Crippen LogP contribution in [0.5, 0.6) is 0 Å². The van der Waals surface area contributed by atoms with Crippen molar-refractivity contribution in [3.8, 4) is 0 Å². The highest BCUT2D eigenvalue weighted by molar-refractivity contribution is 7.99. The van der Waals surface area contributed by atoms with Crippen LogP contribution in [0.4, 0.5) is 11.4 Å². The lowest BCUT2D eigenvalue weighted by atomic mass is 9.98. The molecular formula is C25H38N2O5S. The molecule has 0 unspecified atom stereocenters. The zero-order valence-electron chi connectivity index (χ0n) is 19.5. The minimum atomic E-state index is -0.789. The van der Waals surface area contributed by atoms with Crippen molar-refractivity contribution in [1.82, 2.24) is 0 Å². The number of hydrogen-bond donors (Lipinski definition) is 3. The predicted octanol–water partition coefficient (Wildman–Crippen LogP) is 5.29.